The molecule has 25 aromatic carbocycles. The summed E-state index contributed by atoms with van der Waals surface area (Å²) in [7, 11) is 0. The molecule has 29 aromatic rings. The summed E-state index contributed by atoms with van der Waals surface area (Å²) in [6.45, 7) is 0. The third-order valence-corrected chi connectivity index (χ3v) is 27.4. The van der Waals surface area contributed by atoms with Gasteiger partial charge in [-0.15, -0.1) is 0 Å². The van der Waals surface area contributed by atoms with Gasteiger partial charge < -0.3 is 18.3 Å². The van der Waals surface area contributed by atoms with E-state index in [0.29, 0.717) is 0 Å². The number of hydrogen-bond donors (Lipinski definition) is 0. The third-order valence-electron chi connectivity index (χ3n) is 27.4. The van der Waals surface area contributed by atoms with Crippen LogP contribution >= 0.6 is 0 Å². The fourth-order valence-corrected chi connectivity index (χ4v) is 21.9. The summed E-state index contributed by atoms with van der Waals surface area (Å²) in [4.78, 5) is 0. The zero-order chi connectivity index (χ0) is 85.4. The van der Waals surface area contributed by atoms with Crippen LogP contribution in [0.15, 0.2) is 485 Å². The predicted molar refractivity (Wildman–Crippen MR) is 559 cm³/mol. The quantitative estimate of drug-likeness (QED) is 0.153. The van der Waals surface area contributed by atoms with Gasteiger partial charge in [-0.3, -0.25) is 0 Å². The summed E-state index contributed by atoms with van der Waals surface area (Å²) in [5, 5.41) is 41.6. The Balaban J connectivity index is 0.0000000915. The highest BCUT2D eigenvalue weighted by molar-refractivity contribution is 6.39. The first kappa shape index (κ1) is 74.3. The Morgan fingerprint density at radius 1 is 0.108 bits per heavy atom. The summed E-state index contributed by atoms with van der Waals surface area (Å²) in [5.74, 6) is 0. The molecule has 0 bridgehead atoms. The molecule has 0 saturated heterocycles. The summed E-state index contributed by atoms with van der Waals surface area (Å²) in [5.41, 5.74) is 17.4. The second-order valence-corrected chi connectivity index (χ2v) is 34.3. The fraction of sp³-hybridized carbons (Fsp3) is 0. The van der Waals surface area contributed by atoms with Crippen molar-refractivity contribution in [3.05, 3.63) is 485 Å². The van der Waals surface area contributed by atoms with E-state index in [-0.39, 0.29) is 0 Å². The second kappa shape index (κ2) is 30.3. The molecule has 4 heterocycles. The maximum atomic E-state index is 2.50. The number of benzene rings is 25. The molecule has 0 aliphatic carbocycles. The van der Waals surface area contributed by atoms with E-state index in [0.717, 1.165) is 0 Å². The molecule has 604 valence electrons. The van der Waals surface area contributed by atoms with Gasteiger partial charge in [0.05, 0.1) is 44.1 Å². The van der Waals surface area contributed by atoms with E-state index in [2.05, 4.69) is 504 Å². The van der Waals surface area contributed by atoms with E-state index in [1.165, 1.54) is 250 Å². The smallest absolute Gasteiger partial charge is 0.0626 e. The van der Waals surface area contributed by atoms with Gasteiger partial charge in [0.25, 0.3) is 0 Å². The number of aromatic nitrogens is 4. The average molecular weight is 1650 g/mol. The van der Waals surface area contributed by atoms with Crippen molar-refractivity contribution in [3.63, 3.8) is 0 Å². The molecule has 0 spiro atoms. The van der Waals surface area contributed by atoms with Gasteiger partial charge in [-0.1, -0.05) is 419 Å². The van der Waals surface area contributed by atoms with Gasteiger partial charge in [0.1, 0.15) is 0 Å². The third kappa shape index (κ3) is 11.6. The van der Waals surface area contributed by atoms with Gasteiger partial charge in [0, 0.05) is 98.2 Å². The lowest BCUT2D eigenvalue weighted by Crippen LogP contribution is -1.95. The SMILES string of the molecule is c1ccc(-c2ccc(-n3c4c5ccccc5ccc4c4c5ccccc5c5ccccc5c43)cc2)cc1.c1ccc(-n2c3c4ccccc4ccc3c3c4ccccc4c4ccccc4c32)cc1.c1ccc(-n2c3cc4ccccc4cc3c3c4ccccc4c4ccccc4c32)cc1.c1ccc(-n2c3ccc4ccccc4c3c3c4ccccc4c4ccccc4c32)cc1. The highest BCUT2D eigenvalue weighted by atomic mass is 15.0. The van der Waals surface area contributed by atoms with Crippen molar-refractivity contribution in [1.82, 2.24) is 18.3 Å². The molecule has 0 radical (unpaired) electrons. The van der Waals surface area contributed by atoms with Crippen LogP contribution in [0.5, 0.6) is 0 Å². The van der Waals surface area contributed by atoms with Gasteiger partial charge >= 0.3 is 0 Å². The Labute approximate surface area is 748 Å². The molecule has 4 nitrogen and oxygen atoms in total. The molecule has 0 amide bonds. The van der Waals surface area contributed by atoms with E-state index >= 15 is 0 Å². The lowest BCUT2D eigenvalue weighted by molar-refractivity contribution is 1.19. The topological polar surface area (TPSA) is 19.7 Å². The van der Waals surface area contributed by atoms with Crippen molar-refractivity contribution in [2.45, 2.75) is 0 Å². The number of nitrogens with zero attached hydrogens (tertiary/aromatic N) is 4. The first-order valence-corrected chi connectivity index (χ1v) is 45.0. The average Bonchev–Trinajstić information content (AvgIpc) is 1.56. The van der Waals surface area contributed by atoms with Crippen LogP contribution in [0.25, 0.3) is 250 Å². The largest absolute Gasteiger partial charge is 0.309 e. The molecule has 0 atom stereocenters. The number of fused-ring (bicyclic) bond motifs is 39. The van der Waals surface area contributed by atoms with Crippen LogP contribution in [0.2, 0.25) is 0 Å². The van der Waals surface area contributed by atoms with Crippen LogP contribution in [0.1, 0.15) is 0 Å². The van der Waals surface area contributed by atoms with Gasteiger partial charge in [0.2, 0.25) is 0 Å². The lowest BCUT2D eigenvalue weighted by atomic mass is 9.95. The molecule has 0 N–H and O–H groups in total. The molecule has 0 saturated carbocycles. The maximum Gasteiger partial charge on any atom is 0.0626 e. The monoisotopic (exact) mass is 1650 g/mol. The lowest BCUT2D eigenvalue weighted by Gasteiger charge is -2.13. The summed E-state index contributed by atoms with van der Waals surface area (Å²) < 4.78 is 9.87. The summed E-state index contributed by atoms with van der Waals surface area (Å²) in [6, 6.07) is 176. The van der Waals surface area contributed by atoms with Crippen LogP contribution in [-0.4, -0.2) is 18.3 Å². The molecule has 4 heteroatoms. The first-order chi connectivity index (χ1) is 64.6. The summed E-state index contributed by atoms with van der Waals surface area (Å²) >= 11 is 0. The predicted octanol–water partition coefficient (Wildman–Crippen LogP) is 34.6. The van der Waals surface area contributed by atoms with E-state index in [9.17, 15) is 0 Å². The molecule has 4 aromatic heterocycles. The van der Waals surface area contributed by atoms with E-state index < -0.39 is 0 Å². The van der Waals surface area contributed by atoms with Crippen molar-refractivity contribution in [2.75, 3.05) is 0 Å². The normalized spacial score (nSPS) is 11.8. The summed E-state index contributed by atoms with van der Waals surface area (Å²) in [6.07, 6.45) is 0. The number of rotatable bonds is 5. The van der Waals surface area contributed by atoms with Crippen molar-refractivity contribution < 1.29 is 0 Å². The van der Waals surface area contributed by atoms with Crippen molar-refractivity contribution in [3.8, 4) is 33.9 Å². The Hall–Kier alpha value is -17.2. The molecule has 0 fully saturated rings. The molecular formula is C126H80N4. The minimum Gasteiger partial charge on any atom is -0.309 e. The molecule has 0 aliphatic heterocycles. The zero-order valence-corrected chi connectivity index (χ0v) is 71.0. The minimum atomic E-state index is 1.18. The number of para-hydroxylation sites is 3. The minimum absolute atomic E-state index is 1.18. The molecule has 29 rings (SSSR count). The first-order valence-electron chi connectivity index (χ1n) is 45.0. The maximum absolute atomic E-state index is 2.50. The van der Waals surface area contributed by atoms with Crippen LogP contribution in [0, 0.1) is 0 Å². The zero-order valence-electron chi connectivity index (χ0n) is 71.0. The van der Waals surface area contributed by atoms with E-state index in [1.807, 2.05) is 0 Å². The van der Waals surface area contributed by atoms with Gasteiger partial charge in [0.15, 0.2) is 0 Å². The Kier molecular flexibility index (Phi) is 17.3. The van der Waals surface area contributed by atoms with Gasteiger partial charge in [-0.05, 0) is 175 Å². The fourth-order valence-electron chi connectivity index (χ4n) is 21.9. The van der Waals surface area contributed by atoms with Crippen LogP contribution in [-0.2, 0) is 0 Å². The standard InChI is InChI=1S/C36H23N.3C30H19N/c1-2-10-24(11-3-1)25-18-21-27(22-19-25)37-35-28-13-5-4-12-26(28)20-23-33(35)34-31-16-8-6-14-29(31)30-15-7-9-17-32(30)36(34)37;1-2-12-22(13-3-1)31-28-19-21-11-5-4-10-20(21)18-27(28)29-25-16-8-6-14-23(25)24-15-7-9-17-26(24)30(29)31;1-2-11-21(12-3-1)31-29-22-13-5-4-10-20(22)18-19-27(29)28-25-16-8-6-14-23(25)24-15-7-9-17-26(24)30(28)31;1-2-11-21(12-3-1)31-27-19-18-20-10-4-5-13-22(20)28(27)29-25-16-8-6-14-23(25)24-15-7-9-17-26(24)30(29)31/h1-23H;3*1-19H. The Morgan fingerprint density at radius 3 is 0.769 bits per heavy atom. The van der Waals surface area contributed by atoms with Gasteiger partial charge in [-0.25, -0.2) is 0 Å². The van der Waals surface area contributed by atoms with Crippen molar-refractivity contribution in [2.24, 2.45) is 0 Å². The van der Waals surface area contributed by atoms with E-state index in [1.54, 1.807) is 0 Å². The molecule has 130 heavy (non-hydrogen) atoms. The van der Waals surface area contributed by atoms with Crippen LogP contribution in [0.3, 0.4) is 0 Å². The molecule has 0 unspecified atom stereocenters. The second-order valence-electron chi connectivity index (χ2n) is 34.3. The highest BCUT2D eigenvalue weighted by Crippen LogP contribution is 2.51. The van der Waals surface area contributed by atoms with Gasteiger partial charge in [-0.2, -0.15) is 0 Å². The molecule has 0 aliphatic rings. The molecular weight excluding hydrogens is 1570 g/mol. The van der Waals surface area contributed by atoms with Crippen LogP contribution < -0.4 is 0 Å². The highest BCUT2D eigenvalue weighted by Gasteiger charge is 2.26. The van der Waals surface area contributed by atoms with Crippen molar-refractivity contribution >= 4 is 216 Å². The Morgan fingerprint density at radius 2 is 0.362 bits per heavy atom. The van der Waals surface area contributed by atoms with Crippen molar-refractivity contribution in [1.29, 1.82) is 0 Å². The Bertz CT molecular complexity index is 9520. The van der Waals surface area contributed by atoms with E-state index in [4.69, 9.17) is 0 Å². The van der Waals surface area contributed by atoms with Crippen LogP contribution in [0.4, 0.5) is 0 Å². The number of hydrogen-bond acceptors (Lipinski definition) is 0.